The number of methoxy groups -OCH3 is 1. The van der Waals surface area contributed by atoms with Crippen LogP contribution in [-0.4, -0.2) is 87.1 Å². The molecule has 2 atom stereocenters. The monoisotopic (exact) mass is 504 g/mol. The molecular formula is C29H36N4O4. The molecule has 1 saturated heterocycles. The number of benzene rings is 2. The average molecular weight is 505 g/mol. The Bertz CT molecular complexity index is 1170. The summed E-state index contributed by atoms with van der Waals surface area (Å²) < 4.78 is 11.6. The smallest absolute Gasteiger partial charge is 0.255 e. The number of amides is 1. The van der Waals surface area contributed by atoms with Crippen LogP contribution in [0.1, 0.15) is 35.3 Å². The van der Waals surface area contributed by atoms with E-state index in [-0.39, 0.29) is 17.9 Å². The average Bonchev–Trinajstić information content (AvgIpc) is 3.32. The molecule has 8 heteroatoms. The minimum absolute atomic E-state index is 0.0523. The number of nitrogens with zero attached hydrogens (tertiary/aromatic N) is 3. The highest BCUT2D eigenvalue weighted by Gasteiger charge is 2.41. The van der Waals surface area contributed by atoms with E-state index in [9.17, 15) is 4.79 Å². The van der Waals surface area contributed by atoms with E-state index in [1.807, 2.05) is 19.1 Å². The van der Waals surface area contributed by atoms with Gasteiger partial charge in [-0.3, -0.25) is 14.6 Å². The first-order valence-electron chi connectivity index (χ1n) is 13.1. The second kappa shape index (κ2) is 11.4. The molecule has 3 aliphatic rings. The molecule has 8 nitrogen and oxygen atoms in total. The quantitative estimate of drug-likeness (QED) is 0.595. The zero-order valence-corrected chi connectivity index (χ0v) is 21.9. The molecule has 5 rings (SSSR count). The third kappa shape index (κ3) is 5.65. The fourth-order valence-electron chi connectivity index (χ4n) is 5.32. The van der Waals surface area contributed by atoms with Crippen LogP contribution in [0, 0.1) is 5.92 Å². The first-order chi connectivity index (χ1) is 18.1. The maximum absolute atomic E-state index is 12.5. The highest BCUT2D eigenvalue weighted by molar-refractivity contribution is 6.08. The van der Waals surface area contributed by atoms with Crippen LogP contribution < -0.4 is 14.8 Å². The van der Waals surface area contributed by atoms with Crippen molar-refractivity contribution in [1.29, 1.82) is 0 Å². The molecule has 3 heterocycles. The van der Waals surface area contributed by atoms with Gasteiger partial charge in [0.25, 0.3) is 5.91 Å². The molecule has 0 bridgehead atoms. The van der Waals surface area contributed by atoms with E-state index >= 15 is 0 Å². The summed E-state index contributed by atoms with van der Waals surface area (Å²) in [5, 5.41) is 7.29. The van der Waals surface area contributed by atoms with Gasteiger partial charge in [0.2, 0.25) is 0 Å². The summed E-state index contributed by atoms with van der Waals surface area (Å²) in [4.78, 5) is 23.4. The Morgan fingerprint density at radius 2 is 1.92 bits per heavy atom. The van der Waals surface area contributed by atoms with Gasteiger partial charge in [-0.05, 0) is 31.5 Å². The van der Waals surface area contributed by atoms with Crippen molar-refractivity contribution in [2.45, 2.75) is 20.0 Å². The predicted molar refractivity (Wildman–Crippen MR) is 144 cm³/mol. The van der Waals surface area contributed by atoms with Crippen molar-refractivity contribution >= 4 is 17.7 Å². The number of nitrogens with one attached hydrogen (secondary N) is 1. The van der Waals surface area contributed by atoms with E-state index in [4.69, 9.17) is 14.3 Å². The second-order valence-electron chi connectivity index (χ2n) is 9.92. The van der Waals surface area contributed by atoms with Crippen LogP contribution in [0.2, 0.25) is 0 Å². The first kappa shape index (κ1) is 25.3. The molecule has 3 aliphatic heterocycles. The van der Waals surface area contributed by atoms with Crippen LogP contribution >= 0.6 is 0 Å². The molecule has 0 radical (unpaired) electrons. The Balaban J connectivity index is 1.17. The van der Waals surface area contributed by atoms with Gasteiger partial charge in [-0.15, -0.1) is 0 Å². The molecule has 0 aliphatic carbocycles. The van der Waals surface area contributed by atoms with Gasteiger partial charge in [-0.25, -0.2) is 0 Å². The highest BCUT2D eigenvalue weighted by Crippen LogP contribution is 2.38. The Labute approximate surface area is 218 Å². The fraction of sp³-hybridized carbons (Fsp3) is 0.448. The van der Waals surface area contributed by atoms with Crippen LogP contribution in [0.15, 0.2) is 53.2 Å². The molecule has 0 aromatic heterocycles. The third-order valence-corrected chi connectivity index (χ3v) is 7.25. The van der Waals surface area contributed by atoms with Gasteiger partial charge in [0, 0.05) is 51.4 Å². The molecule has 1 N–H and O–H groups in total. The molecule has 2 aromatic carbocycles. The summed E-state index contributed by atoms with van der Waals surface area (Å²) in [6.07, 6.45) is 2.22. The normalized spacial score (nSPS) is 21.8. The van der Waals surface area contributed by atoms with E-state index in [2.05, 4.69) is 57.5 Å². The number of fused-ring (bicyclic) bond motifs is 3. The summed E-state index contributed by atoms with van der Waals surface area (Å²) in [5.74, 6) is 1.03. The summed E-state index contributed by atoms with van der Waals surface area (Å²) in [5.41, 5.74) is 4.81. The van der Waals surface area contributed by atoms with Crippen molar-refractivity contribution in [3.8, 4) is 11.5 Å². The Hall–Kier alpha value is -3.36. The SMILES string of the molecule is CCNC(=O)c1cc2c(cc1OC)C1=NOC(CN3CCN(C/C(C)=C/c4ccccc4)CC3)C1CO2. The van der Waals surface area contributed by atoms with Gasteiger partial charge < -0.3 is 19.6 Å². The number of piperazine rings is 1. The molecule has 1 amide bonds. The van der Waals surface area contributed by atoms with Crippen LogP contribution in [0.3, 0.4) is 0 Å². The molecule has 37 heavy (non-hydrogen) atoms. The predicted octanol–water partition coefficient (Wildman–Crippen LogP) is 3.28. The van der Waals surface area contributed by atoms with Crippen LogP contribution in [-0.2, 0) is 4.84 Å². The lowest BCUT2D eigenvalue weighted by molar-refractivity contribution is 0.0101. The standard InChI is InChI=1S/C29H36N4O4/c1-4-30-29(34)23-16-26-22(15-25(23)35-3)28-24(19-36-26)27(37-31-28)18-33-12-10-32(11-13-33)17-20(2)14-21-8-6-5-7-9-21/h5-9,14-16,24,27H,4,10-13,17-19H2,1-3H3,(H,30,34)/b20-14+. The number of rotatable bonds is 8. The lowest BCUT2D eigenvalue weighted by Crippen LogP contribution is -2.50. The van der Waals surface area contributed by atoms with Crippen molar-refractivity contribution < 1.29 is 19.1 Å². The topological polar surface area (TPSA) is 75.6 Å². The summed E-state index contributed by atoms with van der Waals surface area (Å²) >= 11 is 0. The van der Waals surface area contributed by atoms with Gasteiger partial charge in [-0.2, -0.15) is 0 Å². The van der Waals surface area contributed by atoms with Gasteiger partial charge in [0.15, 0.2) is 6.10 Å². The second-order valence-corrected chi connectivity index (χ2v) is 9.92. The number of oxime groups is 1. The minimum atomic E-state index is -0.180. The molecule has 0 saturated carbocycles. The fourth-order valence-corrected chi connectivity index (χ4v) is 5.32. The van der Waals surface area contributed by atoms with Crippen molar-refractivity contribution in [1.82, 2.24) is 15.1 Å². The molecule has 1 fully saturated rings. The lowest BCUT2D eigenvalue weighted by Gasteiger charge is -2.36. The Morgan fingerprint density at radius 3 is 2.65 bits per heavy atom. The zero-order chi connectivity index (χ0) is 25.8. The van der Waals surface area contributed by atoms with E-state index in [0.29, 0.717) is 30.2 Å². The van der Waals surface area contributed by atoms with E-state index in [0.717, 1.165) is 50.5 Å². The third-order valence-electron chi connectivity index (χ3n) is 7.25. The zero-order valence-electron chi connectivity index (χ0n) is 21.9. The number of ether oxygens (including phenoxy) is 2. The molecule has 2 aromatic rings. The van der Waals surface area contributed by atoms with Gasteiger partial charge in [-0.1, -0.05) is 47.1 Å². The van der Waals surface area contributed by atoms with E-state index in [1.165, 1.54) is 11.1 Å². The summed E-state index contributed by atoms with van der Waals surface area (Å²) in [7, 11) is 1.57. The Morgan fingerprint density at radius 1 is 1.16 bits per heavy atom. The van der Waals surface area contributed by atoms with Crippen molar-refractivity contribution in [2.24, 2.45) is 11.1 Å². The van der Waals surface area contributed by atoms with E-state index < -0.39 is 0 Å². The van der Waals surface area contributed by atoms with Crippen molar-refractivity contribution in [2.75, 3.05) is 59.5 Å². The van der Waals surface area contributed by atoms with Crippen LogP contribution in [0.25, 0.3) is 6.08 Å². The molecule has 2 unspecified atom stereocenters. The number of hydrogen-bond acceptors (Lipinski definition) is 7. The lowest BCUT2D eigenvalue weighted by atomic mass is 9.89. The first-order valence-corrected chi connectivity index (χ1v) is 13.1. The van der Waals surface area contributed by atoms with Gasteiger partial charge in [0.1, 0.15) is 23.8 Å². The highest BCUT2D eigenvalue weighted by atomic mass is 16.6. The maximum atomic E-state index is 12.5. The maximum Gasteiger partial charge on any atom is 0.255 e. The van der Waals surface area contributed by atoms with Crippen LogP contribution in [0.4, 0.5) is 0 Å². The van der Waals surface area contributed by atoms with Gasteiger partial charge in [0.05, 0.1) is 18.6 Å². The van der Waals surface area contributed by atoms with Crippen molar-refractivity contribution in [3.05, 3.63) is 64.7 Å². The molecule has 196 valence electrons. The number of carbonyl (C=O) groups excluding carboxylic acids is 1. The number of hydrogen-bond donors (Lipinski definition) is 1. The Kier molecular flexibility index (Phi) is 7.76. The minimum Gasteiger partial charge on any atom is -0.496 e. The van der Waals surface area contributed by atoms with Crippen LogP contribution in [0.5, 0.6) is 11.5 Å². The number of carbonyl (C=O) groups is 1. The largest absolute Gasteiger partial charge is 0.496 e. The van der Waals surface area contributed by atoms with E-state index in [1.54, 1.807) is 13.2 Å². The summed E-state index contributed by atoms with van der Waals surface area (Å²) in [6, 6.07) is 14.1. The van der Waals surface area contributed by atoms with Crippen molar-refractivity contribution in [3.63, 3.8) is 0 Å². The van der Waals surface area contributed by atoms with Gasteiger partial charge >= 0.3 is 0 Å². The summed E-state index contributed by atoms with van der Waals surface area (Å²) in [6.45, 7) is 11.0. The molecular weight excluding hydrogens is 468 g/mol. The molecule has 0 spiro atoms.